The lowest BCUT2D eigenvalue weighted by atomic mass is 9.90. The molecule has 1 heterocycles. The van der Waals surface area contributed by atoms with Gasteiger partial charge in [-0.1, -0.05) is 46.0 Å². The van der Waals surface area contributed by atoms with Gasteiger partial charge in [0, 0.05) is 0 Å². The first-order valence-corrected chi connectivity index (χ1v) is 8.62. The molecule has 1 saturated heterocycles. The zero-order valence-corrected chi connectivity index (χ0v) is 12.0. The number of rotatable bonds is 4. The standard InChI is InChI=1S/C15H24NP/c1-3-17(4-2)15-8-6-5-7-14(15)13-9-11-16-12-10-13/h5-8,13,16H,3-4,9-12H2,1-2H3. The van der Waals surface area contributed by atoms with Gasteiger partial charge in [0.1, 0.15) is 0 Å². The molecule has 1 aromatic rings. The Morgan fingerprint density at radius 2 is 1.76 bits per heavy atom. The van der Waals surface area contributed by atoms with Crippen LogP contribution in [0, 0.1) is 0 Å². The van der Waals surface area contributed by atoms with Crippen molar-refractivity contribution in [1.29, 1.82) is 0 Å². The molecule has 94 valence electrons. The molecule has 1 aliphatic rings. The topological polar surface area (TPSA) is 12.0 Å². The van der Waals surface area contributed by atoms with E-state index in [1.165, 1.54) is 38.3 Å². The van der Waals surface area contributed by atoms with Crippen molar-refractivity contribution >= 4 is 13.2 Å². The van der Waals surface area contributed by atoms with Gasteiger partial charge in [0.25, 0.3) is 0 Å². The molecule has 0 spiro atoms. The van der Waals surface area contributed by atoms with Crippen LogP contribution >= 0.6 is 7.92 Å². The van der Waals surface area contributed by atoms with Gasteiger partial charge in [-0.3, -0.25) is 0 Å². The van der Waals surface area contributed by atoms with Crippen molar-refractivity contribution < 1.29 is 0 Å². The molecule has 1 N–H and O–H groups in total. The highest BCUT2D eigenvalue weighted by Gasteiger charge is 2.20. The van der Waals surface area contributed by atoms with Crippen LogP contribution < -0.4 is 10.6 Å². The lowest BCUT2D eigenvalue weighted by Crippen LogP contribution is -2.28. The summed E-state index contributed by atoms with van der Waals surface area (Å²) in [6.07, 6.45) is 5.28. The first kappa shape index (κ1) is 13.1. The van der Waals surface area contributed by atoms with Crippen molar-refractivity contribution in [2.45, 2.75) is 32.6 Å². The second-order valence-electron chi connectivity index (χ2n) is 4.76. The highest BCUT2D eigenvalue weighted by atomic mass is 31.1. The Labute approximate surface area is 107 Å². The summed E-state index contributed by atoms with van der Waals surface area (Å²) in [4.78, 5) is 0. The molecule has 0 aliphatic carbocycles. The molecular weight excluding hydrogens is 225 g/mol. The molecule has 0 bridgehead atoms. The SMILES string of the molecule is CCP(CC)c1ccccc1C1CCNCC1. The molecule has 0 saturated carbocycles. The van der Waals surface area contributed by atoms with Gasteiger partial charge in [-0.15, -0.1) is 0 Å². The maximum atomic E-state index is 3.47. The van der Waals surface area contributed by atoms with Crippen molar-refractivity contribution in [2.75, 3.05) is 25.4 Å². The van der Waals surface area contributed by atoms with E-state index in [1.807, 2.05) is 0 Å². The monoisotopic (exact) mass is 249 g/mol. The van der Waals surface area contributed by atoms with E-state index >= 15 is 0 Å². The Balaban J connectivity index is 2.25. The first-order valence-electron chi connectivity index (χ1n) is 6.91. The summed E-state index contributed by atoms with van der Waals surface area (Å²) < 4.78 is 0. The van der Waals surface area contributed by atoms with Gasteiger partial charge >= 0.3 is 0 Å². The Kier molecular flexibility index (Phi) is 5.00. The Bertz CT molecular complexity index is 341. The van der Waals surface area contributed by atoms with Crippen molar-refractivity contribution in [1.82, 2.24) is 5.32 Å². The van der Waals surface area contributed by atoms with Gasteiger partial charge in [0.2, 0.25) is 0 Å². The molecule has 0 aromatic heterocycles. The average molecular weight is 249 g/mol. The smallest absolute Gasteiger partial charge is 0.00431 e. The van der Waals surface area contributed by atoms with Gasteiger partial charge in [0.15, 0.2) is 0 Å². The van der Waals surface area contributed by atoms with Crippen LogP contribution in [0.2, 0.25) is 0 Å². The summed E-state index contributed by atoms with van der Waals surface area (Å²) in [6.45, 7) is 7.06. The fraction of sp³-hybridized carbons (Fsp3) is 0.600. The van der Waals surface area contributed by atoms with Crippen molar-refractivity contribution in [3.8, 4) is 0 Å². The van der Waals surface area contributed by atoms with E-state index in [0.717, 1.165) is 5.92 Å². The summed E-state index contributed by atoms with van der Waals surface area (Å²) in [6, 6.07) is 9.21. The van der Waals surface area contributed by atoms with E-state index in [0.29, 0.717) is 0 Å². The lowest BCUT2D eigenvalue weighted by Gasteiger charge is -2.27. The maximum absolute atomic E-state index is 3.47. The van der Waals surface area contributed by atoms with E-state index in [1.54, 1.807) is 10.9 Å². The third-order valence-corrected chi connectivity index (χ3v) is 6.44. The van der Waals surface area contributed by atoms with Crippen LogP contribution in [0.1, 0.15) is 38.2 Å². The van der Waals surface area contributed by atoms with Gasteiger partial charge in [-0.25, -0.2) is 0 Å². The van der Waals surface area contributed by atoms with Gasteiger partial charge in [-0.2, -0.15) is 0 Å². The Hall–Kier alpha value is -0.390. The molecule has 0 unspecified atom stereocenters. The zero-order chi connectivity index (χ0) is 12.1. The predicted octanol–water partition coefficient (Wildman–Crippen LogP) is 3.30. The molecule has 1 fully saturated rings. The molecule has 0 radical (unpaired) electrons. The molecule has 17 heavy (non-hydrogen) atoms. The van der Waals surface area contributed by atoms with Crippen LogP contribution in [0.5, 0.6) is 0 Å². The Morgan fingerprint density at radius 3 is 2.41 bits per heavy atom. The molecule has 2 rings (SSSR count). The van der Waals surface area contributed by atoms with Crippen molar-refractivity contribution in [2.24, 2.45) is 0 Å². The summed E-state index contributed by atoms with van der Waals surface area (Å²) in [7, 11) is 0.0827. The van der Waals surface area contributed by atoms with E-state index in [-0.39, 0.29) is 7.92 Å². The summed E-state index contributed by atoms with van der Waals surface area (Å²) in [5.41, 5.74) is 1.66. The van der Waals surface area contributed by atoms with Crippen LogP contribution in [0.3, 0.4) is 0 Å². The fourth-order valence-corrected chi connectivity index (χ4v) is 4.87. The van der Waals surface area contributed by atoms with E-state index in [4.69, 9.17) is 0 Å². The highest BCUT2D eigenvalue weighted by Crippen LogP contribution is 2.37. The van der Waals surface area contributed by atoms with Gasteiger partial charge < -0.3 is 5.32 Å². The minimum absolute atomic E-state index is 0.0827. The maximum Gasteiger partial charge on any atom is -0.00431 e. The number of piperidine rings is 1. The lowest BCUT2D eigenvalue weighted by molar-refractivity contribution is 0.462. The van der Waals surface area contributed by atoms with Gasteiger partial charge in [-0.05, 0) is 55.0 Å². The zero-order valence-electron chi connectivity index (χ0n) is 11.1. The number of benzene rings is 1. The largest absolute Gasteiger partial charge is 0.317 e. The normalized spacial score (nSPS) is 17.6. The molecule has 1 nitrogen and oxygen atoms in total. The number of hydrogen-bond acceptors (Lipinski definition) is 1. The van der Waals surface area contributed by atoms with Crippen molar-refractivity contribution in [3.63, 3.8) is 0 Å². The van der Waals surface area contributed by atoms with Crippen LogP contribution in [0.15, 0.2) is 24.3 Å². The van der Waals surface area contributed by atoms with Crippen LogP contribution in [0.4, 0.5) is 0 Å². The van der Waals surface area contributed by atoms with E-state index in [9.17, 15) is 0 Å². The van der Waals surface area contributed by atoms with Crippen LogP contribution in [0.25, 0.3) is 0 Å². The molecule has 1 aliphatic heterocycles. The quantitative estimate of drug-likeness (QED) is 0.807. The second-order valence-corrected chi connectivity index (χ2v) is 7.58. The molecule has 0 atom stereocenters. The van der Waals surface area contributed by atoms with Crippen molar-refractivity contribution in [3.05, 3.63) is 29.8 Å². The molecular formula is C15H24NP. The van der Waals surface area contributed by atoms with Crippen LogP contribution in [-0.2, 0) is 0 Å². The molecule has 2 heteroatoms. The third-order valence-electron chi connectivity index (χ3n) is 3.82. The number of hydrogen-bond donors (Lipinski definition) is 1. The average Bonchev–Trinajstić information content (AvgIpc) is 2.42. The van der Waals surface area contributed by atoms with E-state index < -0.39 is 0 Å². The summed E-state index contributed by atoms with van der Waals surface area (Å²) in [5, 5.41) is 5.15. The van der Waals surface area contributed by atoms with Gasteiger partial charge in [0.05, 0.1) is 0 Å². The minimum atomic E-state index is 0.0827. The third kappa shape index (κ3) is 3.09. The first-order chi connectivity index (χ1) is 8.36. The van der Waals surface area contributed by atoms with E-state index in [2.05, 4.69) is 43.4 Å². The minimum Gasteiger partial charge on any atom is -0.317 e. The fourth-order valence-electron chi connectivity index (χ4n) is 2.82. The summed E-state index contributed by atoms with van der Waals surface area (Å²) >= 11 is 0. The molecule has 1 aromatic carbocycles. The summed E-state index contributed by atoms with van der Waals surface area (Å²) in [5.74, 6) is 0.801. The van der Waals surface area contributed by atoms with Crippen LogP contribution in [-0.4, -0.2) is 25.4 Å². The predicted molar refractivity (Wildman–Crippen MR) is 78.9 cm³/mol. The second kappa shape index (κ2) is 6.52. The highest BCUT2D eigenvalue weighted by molar-refractivity contribution is 7.65. The Morgan fingerprint density at radius 1 is 1.12 bits per heavy atom. The molecule has 0 amide bonds. The number of nitrogens with one attached hydrogen (secondary N) is 1.